The van der Waals surface area contributed by atoms with Crippen molar-refractivity contribution in [1.29, 1.82) is 5.26 Å². The van der Waals surface area contributed by atoms with Gasteiger partial charge in [0.25, 0.3) is 0 Å². The van der Waals surface area contributed by atoms with Gasteiger partial charge in [-0.3, -0.25) is 4.98 Å². The molecule has 2 nitrogen and oxygen atoms in total. The van der Waals surface area contributed by atoms with Crippen molar-refractivity contribution in [3.63, 3.8) is 0 Å². The second-order valence-electron chi connectivity index (χ2n) is 4.72. The molecule has 1 heterocycles. The van der Waals surface area contributed by atoms with Crippen molar-refractivity contribution in [2.45, 2.75) is 31.6 Å². The summed E-state index contributed by atoms with van der Waals surface area (Å²) in [6.45, 7) is 2.18. The SMILES string of the molecule is CCC(CC(C#N)c1cccnc1)c1ccccc1. The molecule has 0 aliphatic rings. The van der Waals surface area contributed by atoms with E-state index in [0.717, 1.165) is 18.4 Å². The highest BCUT2D eigenvalue weighted by molar-refractivity contribution is 5.25. The van der Waals surface area contributed by atoms with Gasteiger partial charge in [-0.1, -0.05) is 43.3 Å². The third kappa shape index (κ3) is 3.42. The van der Waals surface area contributed by atoms with E-state index in [0.29, 0.717) is 5.92 Å². The third-order valence-electron chi connectivity index (χ3n) is 3.53. The molecule has 0 saturated carbocycles. The fraction of sp³-hybridized carbons (Fsp3) is 0.294. The number of pyridine rings is 1. The fourth-order valence-corrected chi connectivity index (χ4v) is 2.39. The van der Waals surface area contributed by atoms with E-state index in [2.05, 4.69) is 42.2 Å². The van der Waals surface area contributed by atoms with E-state index in [1.165, 1.54) is 5.56 Å². The summed E-state index contributed by atoms with van der Waals surface area (Å²) in [6.07, 6.45) is 5.43. The van der Waals surface area contributed by atoms with Crippen LogP contribution in [0.2, 0.25) is 0 Å². The van der Waals surface area contributed by atoms with E-state index in [4.69, 9.17) is 0 Å². The van der Waals surface area contributed by atoms with Crippen molar-refractivity contribution in [2.75, 3.05) is 0 Å². The summed E-state index contributed by atoms with van der Waals surface area (Å²) in [7, 11) is 0. The maximum absolute atomic E-state index is 9.39. The molecule has 2 unspecified atom stereocenters. The molecule has 0 amide bonds. The topological polar surface area (TPSA) is 36.7 Å². The zero-order valence-electron chi connectivity index (χ0n) is 11.2. The largest absolute Gasteiger partial charge is 0.264 e. The van der Waals surface area contributed by atoms with Gasteiger partial charge >= 0.3 is 0 Å². The smallest absolute Gasteiger partial charge is 0.0733 e. The Morgan fingerprint density at radius 1 is 1.11 bits per heavy atom. The summed E-state index contributed by atoms with van der Waals surface area (Å²) in [4.78, 5) is 4.11. The van der Waals surface area contributed by atoms with Crippen LogP contribution >= 0.6 is 0 Å². The van der Waals surface area contributed by atoms with Gasteiger partial charge in [-0.25, -0.2) is 0 Å². The van der Waals surface area contributed by atoms with Gasteiger partial charge in [-0.2, -0.15) is 5.26 Å². The molecule has 0 bridgehead atoms. The van der Waals surface area contributed by atoms with Gasteiger partial charge in [0.1, 0.15) is 0 Å². The standard InChI is InChI=1S/C17H18N2/c1-2-14(15-7-4-3-5-8-15)11-17(12-18)16-9-6-10-19-13-16/h3-10,13-14,17H,2,11H2,1H3. The molecule has 2 atom stereocenters. The number of aromatic nitrogens is 1. The van der Waals surface area contributed by atoms with Crippen LogP contribution in [0.1, 0.15) is 42.7 Å². The van der Waals surface area contributed by atoms with Crippen molar-refractivity contribution in [3.05, 3.63) is 66.0 Å². The van der Waals surface area contributed by atoms with E-state index in [1.54, 1.807) is 12.4 Å². The van der Waals surface area contributed by atoms with Gasteiger partial charge in [0.2, 0.25) is 0 Å². The lowest BCUT2D eigenvalue weighted by Gasteiger charge is -2.18. The zero-order chi connectivity index (χ0) is 13.5. The van der Waals surface area contributed by atoms with Crippen LogP contribution in [0.5, 0.6) is 0 Å². The number of rotatable bonds is 5. The Morgan fingerprint density at radius 3 is 2.42 bits per heavy atom. The van der Waals surface area contributed by atoms with E-state index in [-0.39, 0.29) is 5.92 Å². The normalized spacial score (nSPS) is 13.5. The van der Waals surface area contributed by atoms with Gasteiger partial charge < -0.3 is 0 Å². The first-order valence-corrected chi connectivity index (χ1v) is 6.69. The molecule has 1 aromatic carbocycles. The van der Waals surface area contributed by atoms with Crippen LogP contribution in [0.4, 0.5) is 0 Å². The second-order valence-corrected chi connectivity index (χ2v) is 4.72. The molecule has 2 heteroatoms. The van der Waals surface area contributed by atoms with Crippen molar-refractivity contribution < 1.29 is 0 Å². The molecular weight excluding hydrogens is 232 g/mol. The highest BCUT2D eigenvalue weighted by Crippen LogP contribution is 2.31. The Kier molecular flexibility index (Phi) is 4.69. The van der Waals surface area contributed by atoms with E-state index < -0.39 is 0 Å². The van der Waals surface area contributed by atoms with Crippen LogP contribution in [0.3, 0.4) is 0 Å². The number of hydrogen-bond donors (Lipinski definition) is 0. The molecule has 0 fully saturated rings. The Hall–Kier alpha value is -2.14. The minimum Gasteiger partial charge on any atom is -0.264 e. The summed E-state index contributed by atoms with van der Waals surface area (Å²) < 4.78 is 0. The van der Waals surface area contributed by atoms with Gasteiger partial charge in [0.05, 0.1) is 12.0 Å². The zero-order valence-corrected chi connectivity index (χ0v) is 11.2. The maximum atomic E-state index is 9.39. The molecule has 0 N–H and O–H groups in total. The minimum absolute atomic E-state index is 0.0844. The Morgan fingerprint density at radius 2 is 1.84 bits per heavy atom. The third-order valence-corrected chi connectivity index (χ3v) is 3.53. The first-order chi connectivity index (χ1) is 9.35. The van der Waals surface area contributed by atoms with Gasteiger partial charge in [0.15, 0.2) is 0 Å². The summed E-state index contributed by atoms with van der Waals surface area (Å²) >= 11 is 0. The Bertz CT molecular complexity index is 528. The van der Waals surface area contributed by atoms with E-state index >= 15 is 0 Å². The van der Waals surface area contributed by atoms with E-state index in [9.17, 15) is 5.26 Å². The number of hydrogen-bond acceptors (Lipinski definition) is 2. The summed E-state index contributed by atoms with van der Waals surface area (Å²) in [5.74, 6) is 0.338. The molecule has 0 saturated heterocycles. The van der Waals surface area contributed by atoms with Crippen LogP contribution in [0, 0.1) is 11.3 Å². The lowest BCUT2D eigenvalue weighted by atomic mass is 9.85. The average Bonchev–Trinajstić information content (AvgIpc) is 2.50. The molecule has 0 aliphatic carbocycles. The van der Waals surface area contributed by atoms with Crippen LogP contribution in [-0.2, 0) is 0 Å². The van der Waals surface area contributed by atoms with Crippen LogP contribution in [-0.4, -0.2) is 4.98 Å². The van der Waals surface area contributed by atoms with Crippen molar-refractivity contribution >= 4 is 0 Å². The van der Waals surface area contributed by atoms with Gasteiger partial charge in [-0.15, -0.1) is 0 Å². The van der Waals surface area contributed by atoms with Crippen molar-refractivity contribution in [2.24, 2.45) is 0 Å². The molecule has 0 spiro atoms. The molecular formula is C17H18N2. The van der Waals surface area contributed by atoms with Crippen LogP contribution < -0.4 is 0 Å². The molecule has 2 rings (SSSR count). The first kappa shape index (κ1) is 13.3. The van der Waals surface area contributed by atoms with Gasteiger partial charge in [-0.05, 0) is 36.0 Å². The van der Waals surface area contributed by atoms with Crippen molar-refractivity contribution in [1.82, 2.24) is 4.98 Å². The number of benzene rings is 1. The molecule has 1 aromatic heterocycles. The predicted octanol–water partition coefficient (Wildman–Crippen LogP) is 4.27. The summed E-state index contributed by atoms with van der Waals surface area (Å²) in [5.41, 5.74) is 2.33. The predicted molar refractivity (Wildman–Crippen MR) is 76.7 cm³/mol. The lowest BCUT2D eigenvalue weighted by Crippen LogP contribution is -2.05. The molecule has 19 heavy (non-hydrogen) atoms. The minimum atomic E-state index is -0.0844. The fourth-order valence-electron chi connectivity index (χ4n) is 2.39. The van der Waals surface area contributed by atoms with E-state index in [1.807, 2.05) is 18.2 Å². The average molecular weight is 250 g/mol. The highest BCUT2D eigenvalue weighted by atomic mass is 14.6. The summed E-state index contributed by atoms with van der Waals surface area (Å²) in [5, 5.41) is 9.39. The summed E-state index contributed by atoms with van der Waals surface area (Å²) in [6, 6.07) is 16.7. The number of nitrogens with zero attached hydrogens (tertiary/aromatic N) is 2. The van der Waals surface area contributed by atoms with Crippen molar-refractivity contribution in [3.8, 4) is 6.07 Å². The van der Waals surface area contributed by atoms with Gasteiger partial charge in [0, 0.05) is 12.4 Å². The molecule has 96 valence electrons. The molecule has 2 aromatic rings. The molecule has 0 aliphatic heterocycles. The quantitative estimate of drug-likeness (QED) is 0.794. The Balaban J connectivity index is 2.16. The Labute approximate surface area is 114 Å². The first-order valence-electron chi connectivity index (χ1n) is 6.69. The van der Waals surface area contributed by atoms with Crippen LogP contribution in [0.25, 0.3) is 0 Å². The highest BCUT2D eigenvalue weighted by Gasteiger charge is 2.18. The number of nitriles is 1. The lowest BCUT2D eigenvalue weighted by molar-refractivity contribution is 0.575. The monoisotopic (exact) mass is 250 g/mol. The maximum Gasteiger partial charge on any atom is 0.0733 e. The molecule has 0 radical (unpaired) electrons. The van der Waals surface area contributed by atoms with Crippen LogP contribution in [0.15, 0.2) is 54.9 Å². The second kappa shape index (κ2) is 6.70.